The van der Waals surface area contributed by atoms with Gasteiger partial charge in [-0.3, -0.25) is 0 Å². The van der Waals surface area contributed by atoms with E-state index in [4.69, 9.17) is 0 Å². The minimum absolute atomic E-state index is 0.104. The maximum absolute atomic E-state index is 14.4. The van der Waals surface area contributed by atoms with Crippen molar-refractivity contribution in [1.82, 2.24) is 0 Å². The van der Waals surface area contributed by atoms with Crippen molar-refractivity contribution in [3.05, 3.63) is 70.8 Å². The molecule has 0 aliphatic carbocycles. The van der Waals surface area contributed by atoms with E-state index < -0.39 is 11.6 Å². The lowest BCUT2D eigenvalue weighted by molar-refractivity contribution is 0.564. The van der Waals surface area contributed by atoms with Crippen LogP contribution in [0, 0.1) is 18.6 Å². The first kappa shape index (κ1) is 15.5. The van der Waals surface area contributed by atoms with Gasteiger partial charge in [-0.15, -0.1) is 0 Å². The van der Waals surface area contributed by atoms with E-state index in [0.717, 1.165) is 28.6 Å². The second kappa shape index (κ2) is 6.03. The van der Waals surface area contributed by atoms with Gasteiger partial charge >= 0.3 is 0 Å². The number of aryl methyl sites for hydroxylation is 1. The molecule has 2 nitrogen and oxygen atoms in total. The molecule has 2 atom stereocenters. The van der Waals surface area contributed by atoms with Crippen LogP contribution in [0.5, 0.6) is 0 Å². The molecule has 118 valence electrons. The fourth-order valence-corrected chi connectivity index (χ4v) is 3.13. The lowest BCUT2D eigenvalue weighted by Crippen LogP contribution is -2.27. The third kappa shape index (κ3) is 2.93. The molecular weight excluding hydrogens is 294 g/mol. The van der Waals surface area contributed by atoms with Gasteiger partial charge in [-0.05, 0) is 38.0 Å². The van der Waals surface area contributed by atoms with Crippen molar-refractivity contribution < 1.29 is 8.78 Å². The highest BCUT2D eigenvalue weighted by Crippen LogP contribution is 2.39. The van der Waals surface area contributed by atoms with Crippen LogP contribution in [0.2, 0.25) is 0 Å². The Morgan fingerprint density at radius 2 is 1.39 bits per heavy atom. The van der Waals surface area contributed by atoms with Crippen LogP contribution in [-0.4, -0.2) is 11.4 Å². The van der Waals surface area contributed by atoms with E-state index >= 15 is 0 Å². The molecule has 0 radical (unpaired) electrons. The molecule has 2 aromatic carbocycles. The van der Waals surface area contributed by atoms with Gasteiger partial charge in [0.05, 0.1) is 0 Å². The summed E-state index contributed by atoms with van der Waals surface area (Å²) in [5, 5.41) is 8.39. The topological polar surface area (TPSA) is 24.7 Å². The molecule has 1 aliphatic rings. The summed E-state index contributed by atoms with van der Waals surface area (Å²) in [6, 6.07) is 11.9. The lowest BCUT2D eigenvalue weighted by Gasteiger charge is -2.30. The zero-order valence-electron chi connectivity index (χ0n) is 13.3. The van der Waals surface area contributed by atoms with Crippen molar-refractivity contribution in [2.45, 2.75) is 32.6 Å². The zero-order valence-corrected chi connectivity index (χ0v) is 13.3. The van der Waals surface area contributed by atoms with E-state index in [1.54, 1.807) is 0 Å². The van der Waals surface area contributed by atoms with E-state index in [-0.39, 0.29) is 11.8 Å². The molecule has 0 saturated carbocycles. The summed E-state index contributed by atoms with van der Waals surface area (Å²) < 4.78 is 27.6. The van der Waals surface area contributed by atoms with E-state index in [9.17, 15) is 8.78 Å². The van der Waals surface area contributed by atoms with Crippen LogP contribution in [0.15, 0.2) is 52.7 Å². The van der Waals surface area contributed by atoms with Crippen LogP contribution in [0.4, 0.5) is 8.78 Å². The summed E-state index contributed by atoms with van der Waals surface area (Å²) in [5.41, 5.74) is 4.22. The Morgan fingerprint density at radius 3 is 2.00 bits per heavy atom. The Morgan fingerprint density at radius 1 is 0.783 bits per heavy atom. The van der Waals surface area contributed by atoms with Crippen molar-refractivity contribution in [3.8, 4) is 0 Å². The monoisotopic (exact) mass is 312 g/mol. The Bertz CT molecular complexity index is 792. The number of rotatable bonds is 2. The predicted molar refractivity (Wildman–Crippen MR) is 89.2 cm³/mol. The summed E-state index contributed by atoms with van der Waals surface area (Å²) in [6.45, 7) is 5.76. The lowest BCUT2D eigenvalue weighted by atomic mass is 9.75. The van der Waals surface area contributed by atoms with Crippen molar-refractivity contribution in [3.63, 3.8) is 0 Å². The number of halogens is 2. The zero-order chi connectivity index (χ0) is 16.6. The third-order valence-electron chi connectivity index (χ3n) is 4.33. The molecule has 2 aromatic rings. The van der Waals surface area contributed by atoms with E-state index in [1.165, 1.54) is 12.1 Å². The smallest absolute Gasteiger partial charge is 0.130 e. The fourth-order valence-electron chi connectivity index (χ4n) is 3.13. The molecule has 0 spiro atoms. The quantitative estimate of drug-likeness (QED) is 0.746. The van der Waals surface area contributed by atoms with Crippen LogP contribution in [0.1, 0.15) is 42.4 Å². The Balaban J connectivity index is 2.12. The van der Waals surface area contributed by atoms with E-state index in [0.29, 0.717) is 5.56 Å². The number of hydrogen-bond donors (Lipinski definition) is 0. The van der Waals surface area contributed by atoms with Crippen molar-refractivity contribution in [2.24, 2.45) is 10.2 Å². The minimum Gasteiger partial charge on any atom is -0.207 e. The summed E-state index contributed by atoms with van der Waals surface area (Å²) in [7, 11) is 0. The van der Waals surface area contributed by atoms with Gasteiger partial charge in [0.15, 0.2) is 0 Å². The first-order valence-electron chi connectivity index (χ1n) is 7.57. The first-order valence-corrected chi connectivity index (χ1v) is 7.57. The molecule has 3 rings (SSSR count). The Hall–Kier alpha value is -2.36. The van der Waals surface area contributed by atoms with Crippen LogP contribution in [0.3, 0.4) is 0 Å². The molecule has 0 fully saturated rings. The van der Waals surface area contributed by atoms with E-state index in [1.807, 2.05) is 45.0 Å². The van der Waals surface area contributed by atoms with Crippen molar-refractivity contribution in [1.29, 1.82) is 0 Å². The highest BCUT2D eigenvalue weighted by molar-refractivity contribution is 6.02. The van der Waals surface area contributed by atoms with Crippen molar-refractivity contribution in [2.75, 3.05) is 0 Å². The van der Waals surface area contributed by atoms with E-state index in [2.05, 4.69) is 10.2 Å². The summed E-state index contributed by atoms with van der Waals surface area (Å²) in [5.74, 6) is -1.51. The van der Waals surface area contributed by atoms with Crippen LogP contribution in [-0.2, 0) is 0 Å². The summed E-state index contributed by atoms with van der Waals surface area (Å²) in [4.78, 5) is 0. The first-order chi connectivity index (χ1) is 11.0. The normalized spacial score (nSPS) is 20.9. The molecule has 1 aliphatic heterocycles. The highest BCUT2D eigenvalue weighted by Gasteiger charge is 2.34. The highest BCUT2D eigenvalue weighted by atomic mass is 19.1. The third-order valence-corrected chi connectivity index (χ3v) is 4.33. The van der Waals surface area contributed by atoms with Gasteiger partial charge in [0.2, 0.25) is 0 Å². The second-order valence-electron chi connectivity index (χ2n) is 6.01. The van der Waals surface area contributed by atoms with Gasteiger partial charge in [0.1, 0.15) is 11.6 Å². The average Bonchev–Trinajstić information content (AvgIpc) is 2.51. The Labute approximate surface area is 134 Å². The van der Waals surface area contributed by atoms with Gasteiger partial charge in [0, 0.05) is 29.3 Å². The number of benzene rings is 2. The molecule has 0 aromatic heterocycles. The maximum Gasteiger partial charge on any atom is 0.130 e. The van der Waals surface area contributed by atoms with Crippen LogP contribution < -0.4 is 0 Å². The summed E-state index contributed by atoms with van der Waals surface area (Å²) in [6.07, 6.45) is 0. The van der Waals surface area contributed by atoms with Gasteiger partial charge in [-0.1, -0.05) is 35.9 Å². The Kier molecular flexibility index (Phi) is 4.07. The fraction of sp³-hybridized carbons (Fsp3) is 0.263. The molecule has 0 saturated heterocycles. The molecule has 4 heteroatoms. The maximum atomic E-state index is 14.4. The van der Waals surface area contributed by atoms with Gasteiger partial charge < -0.3 is 0 Å². The van der Waals surface area contributed by atoms with Gasteiger partial charge in [-0.25, -0.2) is 8.78 Å². The molecule has 0 N–H and O–H groups in total. The molecule has 23 heavy (non-hydrogen) atoms. The van der Waals surface area contributed by atoms with Gasteiger partial charge in [-0.2, -0.15) is 10.2 Å². The molecule has 1 heterocycles. The largest absolute Gasteiger partial charge is 0.207 e. The SMILES string of the molecule is CC1=NN=C(C)C(c2ccc(F)cc2F)C1c1ccc(C)cc1. The van der Waals surface area contributed by atoms with Crippen LogP contribution >= 0.6 is 0 Å². The summed E-state index contributed by atoms with van der Waals surface area (Å²) >= 11 is 0. The minimum atomic E-state index is -0.575. The number of hydrogen-bond acceptors (Lipinski definition) is 2. The van der Waals surface area contributed by atoms with Crippen LogP contribution in [0.25, 0.3) is 0 Å². The number of nitrogens with zero attached hydrogens (tertiary/aromatic N) is 2. The van der Waals surface area contributed by atoms with Crippen molar-refractivity contribution >= 4 is 11.4 Å². The standard InChI is InChI=1S/C19H18F2N2/c1-11-4-6-14(7-5-11)18-12(2)22-23-13(3)19(18)16-9-8-15(20)10-17(16)21/h4-10,18-19H,1-3H3. The molecule has 0 bridgehead atoms. The molecular formula is C19H18F2N2. The average molecular weight is 312 g/mol. The molecule has 0 amide bonds. The second-order valence-corrected chi connectivity index (χ2v) is 6.01. The van der Waals surface area contributed by atoms with Gasteiger partial charge in [0.25, 0.3) is 0 Å². The molecule has 2 unspecified atom stereocenters. The predicted octanol–water partition coefficient (Wildman–Crippen LogP) is 4.99.